The van der Waals surface area contributed by atoms with Crippen LogP contribution in [0.25, 0.3) is 72.8 Å². The predicted molar refractivity (Wildman–Crippen MR) is 155 cm³/mol. The molecule has 0 atom stereocenters. The molecular formula is C34H21N3O2. The zero-order valence-electron chi connectivity index (χ0n) is 20.8. The van der Waals surface area contributed by atoms with E-state index < -0.39 is 0 Å². The number of hydrogen-bond acceptors (Lipinski definition) is 4. The van der Waals surface area contributed by atoms with Gasteiger partial charge in [-0.3, -0.25) is 0 Å². The van der Waals surface area contributed by atoms with Crippen LogP contribution in [0.5, 0.6) is 0 Å². The zero-order chi connectivity index (χ0) is 25.8. The largest absolute Gasteiger partial charge is 0.463 e. The first-order valence-corrected chi connectivity index (χ1v) is 12.8. The monoisotopic (exact) mass is 503 g/mol. The Bertz CT molecular complexity index is 2100. The molecule has 5 nitrogen and oxygen atoms in total. The number of para-hydroxylation sites is 3. The van der Waals surface area contributed by atoms with Crippen molar-refractivity contribution in [3.8, 4) is 39.9 Å². The summed E-state index contributed by atoms with van der Waals surface area (Å²) in [6, 6.07) is 41.1. The van der Waals surface area contributed by atoms with Crippen LogP contribution in [0, 0.1) is 0 Å². The molecule has 0 aliphatic rings. The number of nitrogens with zero attached hydrogens (tertiary/aromatic N) is 3. The molecule has 0 saturated heterocycles. The molecule has 0 spiro atoms. The van der Waals surface area contributed by atoms with Gasteiger partial charge in [0.1, 0.15) is 11.2 Å². The normalized spacial score (nSPS) is 11.6. The molecule has 0 aliphatic heterocycles. The lowest BCUT2D eigenvalue weighted by Crippen LogP contribution is -1.95. The second-order valence-corrected chi connectivity index (χ2v) is 9.51. The standard InChI is InChI=1S/C34H21N3O2/c1-3-14-30-25(10-1)26-18-17-23(34-36-29-11-2-4-15-33(29)39-34)21-31(26)37(30)24-9-5-8-22(20-24)27-12-6-13-28(35-27)32-16-7-19-38-32/h1-21H. The molecule has 0 fully saturated rings. The molecule has 184 valence electrons. The molecule has 0 unspecified atom stereocenters. The van der Waals surface area contributed by atoms with E-state index in [2.05, 4.69) is 71.3 Å². The summed E-state index contributed by atoms with van der Waals surface area (Å²) in [5.41, 5.74) is 8.58. The van der Waals surface area contributed by atoms with Gasteiger partial charge in [0.25, 0.3) is 0 Å². The molecule has 39 heavy (non-hydrogen) atoms. The van der Waals surface area contributed by atoms with Crippen molar-refractivity contribution in [2.45, 2.75) is 0 Å². The second-order valence-electron chi connectivity index (χ2n) is 9.51. The van der Waals surface area contributed by atoms with E-state index in [0.29, 0.717) is 5.89 Å². The minimum Gasteiger partial charge on any atom is -0.463 e. The molecule has 0 bridgehead atoms. The highest BCUT2D eigenvalue weighted by molar-refractivity contribution is 6.10. The van der Waals surface area contributed by atoms with E-state index in [4.69, 9.17) is 18.8 Å². The van der Waals surface area contributed by atoms with Crippen molar-refractivity contribution in [3.05, 3.63) is 128 Å². The number of rotatable bonds is 4. The molecule has 4 aromatic heterocycles. The highest BCUT2D eigenvalue weighted by Crippen LogP contribution is 2.36. The summed E-state index contributed by atoms with van der Waals surface area (Å²) >= 11 is 0. The van der Waals surface area contributed by atoms with Crippen molar-refractivity contribution < 1.29 is 8.83 Å². The maximum Gasteiger partial charge on any atom is 0.227 e. The summed E-state index contributed by atoms with van der Waals surface area (Å²) in [6.45, 7) is 0. The summed E-state index contributed by atoms with van der Waals surface area (Å²) in [5.74, 6) is 1.37. The molecule has 8 aromatic rings. The molecule has 0 radical (unpaired) electrons. The molecule has 8 rings (SSSR count). The van der Waals surface area contributed by atoms with Crippen molar-refractivity contribution in [1.82, 2.24) is 14.5 Å². The summed E-state index contributed by atoms with van der Waals surface area (Å²) < 4.78 is 14.0. The fourth-order valence-corrected chi connectivity index (χ4v) is 5.34. The van der Waals surface area contributed by atoms with Crippen molar-refractivity contribution >= 4 is 32.9 Å². The number of pyridine rings is 1. The Hall–Kier alpha value is -5.42. The van der Waals surface area contributed by atoms with Gasteiger partial charge in [0, 0.05) is 27.6 Å². The Labute approximate surface area is 223 Å². The Kier molecular flexibility index (Phi) is 4.76. The van der Waals surface area contributed by atoms with Gasteiger partial charge in [-0.25, -0.2) is 9.97 Å². The lowest BCUT2D eigenvalue weighted by Gasteiger charge is -2.11. The van der Waals surface area contributed by atoms with E-state index in [-0.39, 0.29) is 0 Å². The Balaban J connectivity index is 1.31. The Morgan fingerprint density at radius 2 is 1.41 bits per heavy atom. The molecule has 0 N–H and O–H groups in total. The number of aromatic nitrogens is 3. The fourth-order valence-electron chi connectivity index (χ4n) is 5.34. The van der Waals surface area contributed by atoms with Gasteiger partial charge in [-0.15, -0.1) is 0 Å². The highest BCUT2D eigenvalue weighted by Gasteiger charge is 2.16. The van der Waals surface area contributed by atoms with E-state index in [1.54, 1.807) is 6.26 Å². The van der Waals surface area contributed by atoms with Crippen LogP contribution in [0.2, 0.25) is 0 Å². The van der Waals surface area contributed by atoms with Gasteiger partial charge in [-0.1, -0.05) is 54.6 Å². The summed E-state index contributed by atoms with van der Waals surface area (Å²) in [4.78, 5) is 9.62. The third-order valence-corrected chi connectivity index (χ3v) is 7.14. The highest BCUT2D eigenvalue weighted by atomic mass is 16.3. The molecular weight excluding hydrogens is 482 g/mol. The minimum absolute atomic E-state index is 0.614. The lowest BCUT2D eigenvalue weighted by atomic mass is 10.1. The van der Waals surface area contributed by atoms with Gasteiger partial charge in [-0.2, -0.15) is 0 Å². The van der Waals surface area contributed by atoms with Gasteiger partial charge in [0.15, 0.2) is 11.3 Å². The first-order valence-electron chi connectivity index (χ1n) is 12.8. The van der Waals surface area contributed by atoms with Crippen LogP contribution in [0.3, 0.4) is 0 Å². The number of fused-ring (bicyclic) bond motifs is 4. The molecule has 4 heterocycles. The molecule has 5 heteroatoms. The van der Waals surface area contributed by atoms with E-state index in [1.165, 1.54) is 10.8 Å². The molecule has 0 saturated carbocycles. The van der Waals surface area contributed by atoms with E-state index in [0.717, 1.165) is 56.1 Å². The number of hydrogen-bond donors (Lipinski definition) is 0. The van der Waals surface area contributed by atoms with Crippen LogP contribution in [-0.2, 0) is 0 Å². The van der Waals surface area contributed by atoms with Crippen LogP contribution < -0.4 is 0 Å². The quantitative estimate of drug-likeness (QED) is 0.241. The predicted octanol–water partition coefficient (Wildman–Crippen LogP) is 8.91. The topological polar surface area (TPSA) is 57.0 Å². The van der Waals surface area contributed by atoms with Crippen molar-refractivity contribution in [2.75, 3.05) is 0 Å². The molecule has 0 aliphatic carbocycles. The van der Waals surface area contributed by atoms with E-state index in [9.17, 15) is 0 Å². The fraction of sp³-hybridized carbons (Fsp3) is 0. The van der Waals surface area contributed by atoms with Gasteiger partial charge in [0.2, 0.25) is 5.89 Å². The van der Waals surface area contributed by atoms with Gasteiger partial charge < -0.3 is 13.4 Å². The summed E-state index contributed by atoms with van der Waals surface area (Å²) in [7, 11) is 0. The molecule has 4 aromatic carbocycles. The van der Waals surface area contributed by atoms with Crippen LogP contribution in [-0.4, -0.2) is 14.5 Å². The van der Waals surface area contributed by atoms with Crippen molar-refractivity contribution in [2.24, 2.45) is 0 Å². The first kappa shape index (κ1) is 21.6. The number of furan rings is 1. The van der Waals surface area contributed by atoms with E-state index in [1.807, 2.05) is 54.6 Å². The van der Waals surface area contributed by atoms with Crippen LogP contribution in [0.4, 0.5) is 0 Å². The first-order chi connectivity index (χ1) is 19.3. The summed E-state index contributed by atoms with van der Waals surface area (Å²) in [5, 5.41) is 2.37. The van der Waals surface area contributed by atoms with Gasteiger partial charge >= 0.3 is 0 Å². The average Bonchev–Trinajstić information content (AvgIpc) is 3.75. The summed E-state index contributed by atoms with van der Waals surface area (Å²) in [6.07, 6.45) is 1.67. The van der Waals surface area contributed by atoms with Crippen molar-refractivity contribution in [3.63, 3.8) is 0 Å². The smallest absolute Gasteiger partial charge is 0.227 e. The van der Waals surface area contributed by atoms with Gasteiger partial charge in [-0.05, 0) is 66.7 Å². The second kappa shape index (κ2) is 8.57. The third-order valence-electron chi connectivity index (χ3n) is 7.14. The van der Waals surface area contributed by atoms with Crippen LogP contribution >= 0.6 is 0 Å². The average molecular weight is 504 g/mol. The Morgan fingerprint density at radius 1 is 0.564 bits per heavy atom. The maximum absolute atomic E-state index is 6.11. The maximum atomic E-state index is 6.11. The zero-order valence-corrected chi connectivity index (χ0v) is 20.8. The number of benzene rings is 4. The van der Waals surface area contributed by atoms with Gasteiger partial charge in [0.05, 0.1) is 23.0 Å². The Morgan fingerprint density at radius 3 is 2.33 bits per heavy atom. The lowest BCUT2D eigenvalue weighted by molar-refractivity contribution is 0.580. The van der Waals surface area contributed by atoms with E-state index >= 15 is 0 Å². The SMILES string of the molecule is c1cc(-c2cccc(-c3ccco3)n2)cc(-n2c3ccccc3c3ccc(-c4nc5ccccc5o4)cc32)c1. The third kappa shape index (κ3) is 3.55. The minimum atomic E-state index is 0.614. The molecule has 0 amide bonds. The van der Waals surface area contributed by atoms with Crippen LogP contribution in [0.15, 0.2) is 136 Å². The number of oxazole rings is 1. The van der Waals surface area contributed by atoms with Crippen LogP contribution in [0.1, 0.15) is 0 Å². The van der Waals surface area contributed by atoms with Crippen molar-refractivity contribution in [1.29, 1.82) is 0 Å².